The lowest BCUT2D eigenvalue weighted by molar-refractivity contribution is -0.123. The van der Waals surface area contributed by atoms with Crippen molar-refractivity contribution in [1.29, 1.82) is 0 Å². The third kappa shape index (κ3) is 4.67. The van der Waals surface area contributed by atoms with E-state index in [1.807, 2.05) is 6.92 Å². The van der Waals surface area contributed by atoms with Crippen LogP contribution in [0.2, 0.25) is 0 Å². The van der Waals surface area contributed by atoms with Gasteiger partial charge in [-0.1, -0.05) is 24.6 Å². The standard InChI is InChI=1S/C16H20N2O4S/c1-3-15(16(19)17-11-13-5-4-10-22-13)18-23(20,21)14-8-6-12(2)7-9-14/h4-10,15,18H,3,11H2,1-2H3,(H,17,19). The Kier molecular flexibility index (Phi) is 5.57. The molecule has 2 N–H and O–H groups in total. The molecule has 0 aliphatic rings. The fraction of sp³-hybridized carbons (Fsp3) is 0.312. The number of hydrogen-bond donors (Lipinski definition) is 2. The molecule has 0 aliphatic heterocycles. The minimum absolute atomic E-state index is 0.139. The largest absolute Gasteiger partial charge is 0.467 e. The first-order valence-electron chi connectivity index (χ1n) is 7.31. The van der Waals surface area contributed by atoms with Crippen molar-refractivity contribution in [3.8, 4) is 0 Å². The topological polar surface area (TPSA) is 88.4 Å². The van der Waals surface area contributed by atoms with Gasteiger partial charge in [-0.15, -0.1) is 0 Å². The van der Waals surface area contributed by atoms with Gasteiger partial charge in [-0.3, -0.25) is 4.79 Å². The zero-order chi connectivity index (χ0) is 16.9. The molecule has 1 amide bonds. The van der Waals surface area contributed by atoms with E-state index in [1.54, 1.807) is 31.2 Å². The molecule has 0 spiro atoms. The van der Waals surface area contributed by atoms with Gasteiger partial charge in [0.25, 0.3) is 0 Å². The lowest BCUT2D eigenvalue weighted by Crippen LogP contribution is -2.46. The summed E-state index contributed by atoms with van der Waals surface area (Å²) in [6.45, 7) is 3.84. The maximum Gasteiger partial charge on any atom is 0.241 e. The van der Waals surface area contributed by atoms with Crippen LogP contribution in [-0.4, -0.2) is 20.4 Å². The van der Waals surface area contributed by atoms with E-state index in [9.17, 15) is 13.2 Å². The summed E-state index contributed by atoms with van der Waals surface area (Å²) in [5.41, 5.74) is 0.965. The average molecular weight is 336 g/mol. The fourth-order valence-corrected chi connectivity index (χ4v) is 3.28. The van der Waals surface area contributed by atoms with E-state index in [0.717, 1.165) is 5.56 Å². The Bertz CT molecular complexity index is 737. The maximum absolute atomic E-state index is 12.3. The Morgan fingerprint density at radius 2 is 1.91 bits per heavy atom. The van der Waals surface area contributed by atoms with Crippen LogP contribution in [0.25, 0.3) is 0 Å². The molecule has 1 unspecified atom stereocenters. The van der Waals surface area contributed by atoms with Crippen LogP contribution in [0.4, 0.5) is 0 Å². The summed E-state index contributed by atoms with van der Waals surface area (Å²) in [7, 11) is -3.74. The van der Waals surface area contributed by atoms with Gasteiger partial charge in [-0.2, -0.15) is 4.72 Å². The summed E-state index contributed by atoms with van der Waals surface area (Å²) in [5, 5.41) is 2.66. The molecule has 23 heavy (non-hydrogen) atoms. The number of sulfonamides is 1. The average Bonchev–Trinajstić information content (AvgIpc) is 3.04. The zero-order valence-corrected chi connectivity index (χ0v) is 13.9. The van der Waals surface area contributed by atoms with Gasteiger partial charge >= 0.3 is 0 Å². The molecule has 1 heterocycles. The van der Waals surface area contributed by atoms with Gasteiger partial charge in [0.05, 0.1) is 17.7 Å². The highest BCUT2D eigenvalue weighted by molar-refractivity contribution is 7.89. The Balaban J connectivity index is 2.02. The van der Waals surface area contributed by atoms with Gasteiger partial charge in [-0.05, 0) is 37.6 Å². The lowest BCUT2D eigenvalue weighted by Gasteiger charge is -2.16. The molecular weight excluding hydrogens is 316 g/mol. The highest BCUT2D eigenvalue weighted by Crippen LogP contribution is 2.11. The molecule has 6 nitrogen and oxygen atoms in total. The number of aryl methyl sites for hydroxylation is 1. The third-order valence-electron chi connectivity index (χ3n) is 3.37. The van der Waals surface area contributed by atoms with Crippen LogP contribution in [0, 0.1) is 6.92 Å². The van der Waals surface area contributed by atoms with E-state index in [2.05, 4.69) is 10.0 Å². The fourth-order valence-electron chi connectivity index (χ4n) is 2.01. The predicted molar refractivity (Wildman–Crippen MR) is 86.1 cm³/mol. The second-order valence-electron chi connectivity index (χ2n) is 5.19. The van der Waals surface area contributed by atoms with E-state index in [-0.39, 0.29) is 17.3 Å². The minimum Gasteiger partial charge on any atom is -0.467 e. The van der Waals surface area contributed by atoms with Crippen LogP contribution in [0.15, 0.2) is 52.0 Å². The lowest BCUT2D eigenvalue weighted by atomic mass is 10.2. The van der Waals surface area contributed by atoms with Gasteiger partial charge in [0.1, 0.15) is 11.8 Å². The van der Waals surface area contributed by atoms with Gasteiger partial charge in [0.2, 0.25) is 15.9 Å². The van der Waals surface area contributed by atoms with Crippen LogP contribution in [0.3, 0.4) is 0 Å². The molecule has 1 atom stereocenters. The predicted octanol–water partition coefficient (Wildman–Crippen LogP) is 1.96. The second kappa shape index (κ2) is 7.43. The highest BCUT2D eigenvalue weighted by Gasteiger charge is 2.24. The van der Waals surface area contributed by atoms with Gasteiger partial charge < -0.3 is 9.73 Å². The molecule has 124 valence electrons. The van der Waals surface area contributed by atoms with Gasteiger partial charge in [-0.25, -0.2) is 8.42 Å². The first-order chi connectivity index (χ1) is 10.9. The van der Waals surface area contributed by atoms with E-state index < -0.39 is 16.1 Å². The molecule has 0 saturated carbocycles. The van der Waals surface area contributed by atoms with E-state index in [1.165, 1.54) is 18.4 Å². The number of furan rings is 1. The Morgan fingerprint density at radius 1 is 1.22 bits per heavy atom. The van der Waals surface area contributed by atoms with E-state index in [0.29, 0.717) is 12.2 Å². The number of nitrogens with one attached hydrogen (secondary N) is 2. The first-order valence-corrected chi connectivity index (χ1v) is 8.80. The molecule has 1 aromatic carbocycles. The van der Waals surface area contributed by atoms with Crippen LogP contribution < -0.4 is 10.0 Å². The molecule has 0 aliphatic carbocycles. The van der Waals surface area contributed by atoms with Crippen molar-refractivity contribution in [2.75, 3.05) is 0 Å². The quantitative estimate of drug-likeness (QED) is 0.809. The number of amides is 1. The third-order valence-corrected chi connectivity index (χ3v) is 4.86. The minimum atomic E-state index is -3.74. The highest BCUT2D eigenvalue weighted by atomic mass is 32.2. The van der Waals surface area contributed by atoms with Crippen LogP contribution in [-0.2, 0) is 21.4 Å². The summed E-state index contributed by atoms with van der Waals surface area (Å²) in [6, 6.07) is 9.09. The van der Waals surface area contributed by atoms with Crippen molar-refractivity contribution >= 4 is 15.9 Å². The van der Waals surface area contributed by atoms with Crippen LogP contribution in [0.5, 0.6) is 0 Å². The van der Waals surface area contributed by atoms with Crippen molar-refractivity contribution in [3.05, 3.63) is 54.0 Å². The summed E-state index contributed by atoms with van der Waals surface area (Å²) in [6.07, 6.45) is 1.86. The molecule has 0 saturated heterocycles. The zero-order valence-electron chi connectivity index (χ0n) is 13.1. The Morgan fingerprint density at radius 3 is 2.48 bits per heavy atom. The van der Waals surface area contributed by atoms with Crippen molar-refractivity contribution < 1.29 is 17.6 Å². The Hall–Kier alpha value is -2.12. The van der Waals surface area contributed by atoms with E-state index in [4.69, 9.17) is 4.42 Å². The number of hydrogen-bond acceptors (Lipinski definition) is 4. The summed E-state index contributed by atoms with van der Waals surface area (Å²) in [4.78, 5) is 12.3. The summed E-state index contributed by atoms with van der Waals surface area (Å²) in [5.74, 6) is 0.217. The molecule has 2 rings (SSSR count). The van der Waals surface area contributed by atoms with Crippen molar-refractivity contribution in [2.45, 2.75) is 37.8 Å². The van der Waals surface area contributed by atoms with Gasteiger partial charge in [0, 0.05) is 0 Å². The second-order valence-corrected chi connectivity index (χ2v) is 6.91. The van der Waals surface area contributed by atoms with E-state index >= 15 is 0 Å². The number of rotatable bonds is 7. The number of benzene rings is 1. The molecule has 2 aromatic rings. The molecule has 0 radical (unpaired) electrons. The van der Waals surface area contributed by atoms with Crippen molar-refractivity contribution in [3.63, 3.8) is 0 Å². The van der Waals surface area contributed by atoms with Crippen LogP contribution in [0.1, 0.15) is 24.7 Å². The number of carbonyl (C=O) groups is 1. The normalized spacial score (nSPS) is 12.8. The van der Waals surface area contributed by atoms with Gasteiger partial charge in [0.15, 0.2) is 0 Å². The maximum atomic E-state index is 12.3. The summed E-state index contributed by atoms with van der Waals surface area (Å²) >= 11 is 0. The summed E-state index contributed by atoms with van der Waals surface area (Å²) < 4.78 is 32.2. The molecule has 0 bridgehead atoms. The SMILES string of the molecule is CCC(NS(=O)(=O)c1ccc(C)cc1)C(=O)NCc1ccco1. The molecule has 7 heteroatoms. The molecular formula is C16H20N2O4S. The van der Waals surface area contributed by atoms with Crippen molar-refractivity contribution in [1.82, 2.24) is 10.0 Å². The van der Waals surface area contributed by atoms with Crippen LogP contribution >= 0.6 is 0 Å². The molecule has 0 fully saturated rings. The first kappa shape index (κ1) is 17.2. The smallest absolute Gasteiger partial charge is 0.241 e. The Labute approximate surface area is 135 Å². The monoisotopic (exact) mass is 336 g/mol. The van der Waals surface area contributed by atoms with Crippen molar-refractivity contribution in [2.24, 2.45) is 0 Å². The molecule has 1 aromatic heterocycles. The number of carbonyl (C=O) groups excluding carboxylic acids is 1.